The smallest absolute Gasteiger partial charge is 0.185 e. The summed E-state index contributed by atoms with van der Waals surface area (Å²) in [7, 11) is 1.35. The minimum Gasteiger partial charge on any atom is -0.393 e. The van der Waals surface area contributed by atoms with Gasteiger partial charge in [0.15, 0.2) is 6.29 Å². The van der Waals surface area contributed by atoms with Gasteiger partial charge in [0.25, 0.3) is 0 Å². The van der Waals surface area contributed by atoms with Crippen LogP contribution in [-0.4, -0.2) is 59.4 Å². The molecular weight excluding hydrogens is 208 g/mol. The fraction of sp³-hybridized carbons (Fsp3) is 1.00. The first kappa shape index (κ1) is 14.2. The summed E-state index contributed by atoms with van der Waals surface area (Å²) in [5.74, 6) is 0.301. The predicted octanol–water partition coefficient (Wildman–Crippen LogP) is -0.992. The lowest BCUT2D eigenvalue weighted by Crippen LogP contribution is -2.40. The van der Waals surface area contributed by atoms with Crippen LogP contribution >= 0.6 is 12.6 Å². The summed E-state index contributed by atoms with van der Waals surface area (Å²) in [6.07, 6.45) is -3.33. The Morgan fingerprint density at radius 1 is 1.36 bits per heavy atom. The van der Waals surface area contributed by atoms with Crippen LogP contribution in [0.15, 0.2) is 0 Å². The molecule has 0 amide bonds. The highest BCUT2D eigenvalue weighted by Gasteiger charge is 2.24. The monoisotopic (exact) mass is 226 g/mol. The zero-order chi connectivity index (χ0) is 11.1. The van der Waals surface area contributed by atoms with E-state index < -0.39 is 31.2 Å². The van der Waals surface area contributed by atoms with E-state index in [9.17, 15) is 10.2 Å². The Kier molecular flexibility index (Phi) is 7.52. The maximum Gasteiger partial charge on any atom is 0.185 e. The summed E-state index contributed by atoms with van der Waals surface area (Å²) in [6.45, 7) is 1.09. The number of methoxy groups -OCH3 is 1. The van der Waals surface area contributed by atoms with Crippen LogP contribution in [0.2, 0.25) is 0 Å². The Morgan fingerprint density at radius 3 is 2.21 bits per heavy atom. The first-order valence-corrected chi connectivity index (χ1v) is 4.96. The van der Waals surface area contributed by atoms with E-state index >= 15 is 0 Å². The average molecular weight is 226 g/mol. The lowest BCUT2D eigenvalue weighted by Gasteiger charge is -2.26. The maximum absolute atomic E-state index is 9.24. The molecule has 14 heavy (non-hydrogen) atoms. The Hall–Kier alpha value is 0.150. The van der Waals surface area contributed by atoms with Gasteiger partial charge in [0, 0.05) is 12.9 Å². The highest BCUT2D eigenvalue weighted by atomic mass is 32.1. The second-order valence-corrected chi connectivity index (χ2v) is 3.32. The quantitative estimate of drug-likeness (QED) is 0.331. The number of hydrogen-bond acceptors (Lipinski definition) is 6. The molecule has 5 nitrogen and oxygen atoms in total. The molecule has 0 aliphatic rings. The molecule has 0 bridgehead atoms. The molecule has 86 valence electrons. The second kappa shape index (κ2) is 7.44. The second-order valence-electron chi connectivity index (χ2n) is 2.95. The standard InChI is InChI=1S/C8H18O5S/c1-5(10)7(4-14)13-8(12-2)6(11)3-9/h5-11,14H,3-4H2,1-2H3/t5-,6-,7?,8+/m1/s1. The van der Waals surface area contributed by atoms with E-state index in [0.717, 1.165) is 0 Å². The molecule has 0 radical (unpaired) electrons. The van der Waals surface area contributed by atoms with E-state index in [1.165, 1.54) is 7.11 Å². The highest BCUT2D eigenvalue weighted by molar-refractivity contribution is 7.80. The van der Waals surface area contributed by atoms with Crippen molar-refractivity contribution in [1.29, 1.82) is 0 Å². The van der Waals surface area contributed by atoms with Gasteiger partial charge in [-0.2, -0.15) is 12.6 Å². The summed E-state index contributed by atoms with van der Waals surface area (Å²) in [4.78, 5) is 0. The minimum atomic E-state index is -1.12. The molecule has 0 aromatic heterocycles. The van der Waals surface area contributed by atoms with Crippen LogP contribution in [0.4, 0.5) is 0 Å². The van der Waals surface area contributed by atoms with E-state index in [1.54, 1.807) is 6.92 Å². The average Bonchev–Trinajstić information content (AvgIpc) is 2.18. The fourth-order valence-corrected chi connectivity index (χ4v) is 1.26. The molecule has 0 saturated carbocycles. The van der Waals surface area contributed by atoms with E-state index in [2.05, 4.69) is 12.6 Å². The molecule has 3 N–H and O–H groups in total. The van der Waals surface area contributed by atoms with Crippen molar-refractivity contribution in [3.8, 4) is 0 Å². The Morgan fingerprint density at radius 2 is 1.93 bits per heavy atom. The third-order valence-electron chi connectivity index (χ3n) is 1.76. The molecule has 0 aliphatic heterocycles. The van der Waals surface area contributed by atoms with Gasteiger partial charge in [-0.1, -0.05) is 0 Å². The van der Waals surface area contributed by atoms with Crippen molar-refractivity contribution >= 4 is 12.6 Å². The van der Waals surface area contributed by atoms with E-state index in [-0.39, 0.29) is 0 Å². The van der Waals surface area contributed by atoms with Crippen molar-refractivity contribution in [1.82, 2.24) is 0 Å². The Bertz CT molecular complexity index is 144. The third-order valence-corrected chi connectivity index (χ3v) is 2.12. The van der Waals surface area contributed by atoms with Crippen molar-refractivity contribution in [3.05, 3.63) is 0 Å². The first-order valence-electron chi connectivity index (χ1n) is 4.32. The molecule has 0 rings (SSSR count). The lowest BCUT2D eigenvalue weighted by atomic mass is 10.2. The van der Waals surface area contributed by atoms with Crippen molar-refractivity contribution in [3.63, 3.8) is 0 Å². The molecule has 0 saturated heterocycles. The van der Waals surface area contributed by atoms with Gasteiger partial charge < -0.3 is 24.8 Å². The summed E-state index contributed by atoms with van der Waals surface area (Å²) in [5.41, 5.74) is 0. The molecule has 0 fully saturated rings. The Balaban J connectivity index is 4.13. The summed E-state index contributed by atoms with van der Waals surface area (Å²) in [5, 5.41) is 27.1. The third kappa shape index (κ3) is 4.59. The number of ether oxygens (including phenoxy) is 2. The van der Waals surface area contributed by atoms with Gasteiger partial charge >= 0.3 is 0 Å². The largest absolute Gasteiger partial charge is 0.393 e. The Labute approximate surface area is 89.1 Å². The summed E-state index contributed by atoms with van der Waals surface area (Å²) >= 11 is 3.98. The lowest BCUT2D eigenvalue weighted by molar-refractivity contribution is -0.219. The van der Waals surface area contributed by atoms with Crippen molar-refractivity contribution in [2.45, 2.75) is 31.5 Å². The van der Waals surface area contributed by atoms with Crippen LogP contribution in [0.1, 0.15) is 6.92 Å². The van der Waals surface area contributed by atoms with E-state index in [1.807, 2.05) is 0 Å². The predicted molar refractivity (Wildman–Crippen MR) is 54.3 cm³/mol. The SMILES string of the molecule is CO[C@@H](OC(CS)[C@@H](C)O)[C@H](O)CO. The van der Waals surface area contributed by atoms with Crippen molar-refractivity contribution in [2.75, 3.05) is 19.5 Å². The molecule has 4 atom stereocenters. The van der Waals surface area contributed by atoms with Crippen molar-refractivity contribution < 1.29 is 24.8 Å². The molecule has 0 heterocycles. The van der Waals surface area contributed by atoms with E-state index in [0.29, 0.717) is 5.75 Å². The van der Waals surface area contributed by atoms with Gasteiger partial charge in [0.05, 0.1) is 18.8 Å². The zero-order valence-corrected chi connectivity index (χ0v) is 9.22. The van der Waals surface area contributed by atoms with Crippen LogP contribution in [0.25, 0.3) is 0 Å². The van der Waals surface area contributed by atoms with Gasteiger partial charge in [-0.15, -0.1) is 0 Å². The summed E-state index contributed by atoms with van der Waals surface area (Å²) in [6, 6.07) is 0. The number of aliphatic hydroxyl groups excluding tert-OH is 3. The van der Waals surface area contributed by atoms with Crippen LogP contribution < -0.4 is 0 Å². The topological polar surface area (TPSA) is 79.2 Å². The van der Waals surface area contributed by atoms with Crippen molar-refractivity contribution in [2.24, 2.45) is 0 Å². The van der Waals surface area contributed by atoms with Crippen LogP contribution in [0, 0.1) is 0 Å². The van der Waals surface area contributed by atoms with Gasteiger partial charge in [-0.3, -0.25) is 0 Å². The molecule has 0 aliphatic carbocycles. The molecule has 6 heteroatoms. The molecule has 0 spiro atoms. The number of hydrogen-bond donors (Lipinski definition) is 4. The number of rotatable bonds is 7. The van der Waals surface area contributed by atoms with Gasteiger partial charge in [-0.25, -0.2) is 0 Å². The first-order chi connectivity index (χ1) is 6.56. The van der Waals surface area contributed by atoms with Crippen LogP contribution in [0.3, 0.4) is 0 Å². The van der Waals surface area contributed by atoms with Gasteiger partial charge in [0.2, 0.25) is 0 Å². The number of thiol groups is 1. The van der Waals surface area contributed by atoms with Crippen LogP contribution in [-0.2, 0) is 9.47 Å². The van der Waals surface area contributed by atoms with Crippen LogP contribution in [0.5, 0.6) is 0 Å². The normalized spacial score (nSPS) is 20.1. The maximum atomic E-state index is 9.24. The summed E-state index contributed by atoms with van der Waals surface area (Å²) < 4.78 is 10.0. The minimum absolute atomic E-state index is 0.301. The van der Waals surface area contributed by atoms with E-state index in [4.69, 9.17) is 14.6 Å². The molecule has 0 aromatic carbocycles. The fourth-order valence-electron chi connectivity index (χ4n) is 0.871. The van der Waals surface area contributed by atoms with Gasteiger partial charge in [-0.05, 0) is 6.92 Å². The number of aliphatic hydroxyl groups is 3. The zero-order valence-electron chi connectivity index (χ0n) is 8.33. The van der Waals surface area contributed by atoms with Gasteiger partial charge in [0.1, 0.15) is 6.10 Å². The molecular formula is C8H18O5S. The highest BCUT2D eigenvalue weighted by Crippen LogP contribution is 2.09. The molecule has 0 aromatic rings. The molecule has 1 unspecified atom stereocenters.